The zero-order valence-corrected chi connectivity index (χ0v) is 10.5. The Hall–Kier alpha value is -0.620. The number of carbonyl (C=O) groups excluding carboxylic acids is 1. The largest absolute Gasteiger partial charge is 0.465 e. The molecule has 5 nitrogen and oxygen atoms in total. The fraction of sp³-hybridized carbons (Fsp3) is 0.900. The summed E-state index contributed by atoms with van der Waals surface area (Å²) < 4.78 is 28.6. The average Bonchev–Trinajstić information content (AvgIpc) is 2.65. The van der Waals surface area contributed by atoms with Gasteiger partial charge in [0.15, 0.2) is 9.84 Å². The van der Waals surface area contributed by atoms with Crippen LogP contribution in [0.15, 0.2) is 0 Å². The lowest BCUT2D eigenvalue weighted by Gasteiger charge is -2.18. The van der Waals surface area contributed by atoms with Crippen molar-refractivity contribution in [2.75, 3.05) is 19.4 Å². The van der Waals surface area contributed by atoms with E-state index in [1.54, 1.807) is 14.0 Å². The molecule has 6 heteroatoms. The van der Waals surface area contributed by atoms with Crippen LogP contribution in [0, 0.1) is 0 Å². The highest BCUT2D eigenvalue weighted by Crippen LogP contribution is 2.25. The van der Waals surface area contributed by atoms with Gasteiger partial charge in [-0.3, -0.25) is 4.79 Å². The second-order valence-corrected chi connectivity index (χ2v) is 6.20. The molecular formula is C10H19NO4S. The summed E-state index contributed by atoms with van der Waals surface area (Å²) in [6.45, 7) is 1.88. The van der Waals surface area contributed by atoms with Crippen molar-refractivity contribution in [1.29, 1.82) is 0 Å². The molecule has 0 radical (unpaired) electrons. The third-order valence-corrected chi connectivity index (χ3v) is 5.03. The molecule has 94 valence electrons. The maximum Gasteiger partial charge on any atom is 0.321 e. The van der Waals surface area contributed by atoms with Crippen molar-refractivity contribution in [3.63, 3.8) is 0 Å². The van der Waals surface area contributed by atoms with Gasteiger partial charge in [-0.15, -0.1) is 0 Å². The molecule has 0 aliphatic heterocycles. The van der Waals surface area contributed by atoms with Crippen molar-refractivity contribution >= 4 is 15.8 Å². The van der Waals surface area contributed by atoms with Gasteiger partial charge in [0.2, 0.25) is 0 Å². The summed E-state index contributed by atoms with van der Waals surface area (Å²) in [6.07, 6.45) is 2.37. The predicted molar refractivity (Wildman–Crippen MR) is 60.9 cm³/mol. The van der Waals surface area contributed by atoms with Crippen molar-refractivity contribution in [2.24, 2.45) is 0 Å². The molecule has 0 bridgehead atoms. The molecule has 0 saturated heterocycles. The smallest absolute Gasteiger partial charge is 0.321 e. The van der Waals surface area contributed by atoms with Crippen LogP contribution in [-0.2, 0) is 19.4 Å². The molecule has 1 aliphatic rings. The van der Waals surface area contributed by atoms with Gasteiger partial charge < -0.3 is 10.1 Å². The standard InChI is InChI=1S/C10H19NO4S/c1-3-15-10(12)7-16(13,14)9-6-4-5-8(9)11-2/h8-9,11H,3-7H2,1-2H3. The zero-order valence-electron chi connectivity index (χ0n) is 9.73. The molecule has 1 fully saturated rings. The fourth-order valence-corrected chi connectivity index (χ4v) is 4.08. The fourth-order valence-electron chi connectivity index (χ4n) is 2.16. The Bertz CT molecular complexity index is 339. The van der Waals surface area contributed by atoms with Crippen LogP contribution in [0.1, 0.15) is 26.2 Å². The highest BCUT2D eigenvalue weighted by Gasteiger charge is 2.37. The van der Waals surface area contributed by atoms with E-state index in [1.165, 1.54) is 0 Å². The first kappa shape index (κ1) is 13.4. The first-order valence-corrected chi connectivity index (χ1v) is 7.27. The average molecular weight is 249 g/mol. The molecule has 0 spiro atoms. The van der Waals surface area contributed by atoms with Crippen LogP contribution in [-0.4, -0.2) is 45.1 Å². The van der Waals surface area contributed by atoms with E-state index < -0.39 is 26.8 Å². The van der Waals surface area contributed by atoms with E-state index in [-0.39, 0.29) is 12.6 Å². The first-order valence-electron chi connectivity index (χ1n) is 5.55. The predicted octanol–water partition coefficient (Wildman–Crippen LogP) is 0.105. The van der Waals surface area contributed by atoms with Crippen LogP contribution in [0.3, 0.4) is 0 Å². The summed E-state index contributed by atoms with van der Waals surface area (Å²) in [5.41, 5.74) is 0. The molecular weight excluding hydrogens is 230 g/mol. The maximum absolute atomic E-state index is 11.9. The van der Waals surface area contributed by atoms with E-state index in [2.05, 4.69) is 10.1 Å². The zero-order chi connectivity index (χ0) is 12.2. The van der Waals surface area contributed by atoms with Crippen LogP contribution in [0.4, 0.5) is 0 Å². The normalized spacial score (nSPS) is 25.6. The summed E-state index contributed by atoms with van der Waals surface area (Å²) in [5, 5.41) is 2.55. The lowest BCUT2D eigenvalue weighted by molar-refractivity contribution is -0.139. The van der Waals surface area contributed by atoms with Gasteiger partial charge >= 0.3 is 5.97 Å². The van der Waals surface area contributed by atoms with E-state index in [0.717, 1.165) is 12.8 Å². The van der Waals surface area contributed by atoms with Gasteiger partial charge in [-0.25, -0.2) is 8.42 Å². The summed E-state index contributed by atoms with van der Waals surface area (Å²) in [6, 6.07) is -0.0283. The van der Waals surface area contributed by atoms with Crippen molar-refractivity contribution in [3.8, 4) is 0 Å². The minimum absolute atomic E-state index is 0.0283. The van der Waals surface area contributed by atoms with Crippen LogP contribution in [0.2, 0.25) is 0 Å². The van der Waals surface area contributed by atoms with E-state index in [1.807, 2.05) is 0 Å². The summed E-state index contributed by atoms with van der Waals surface area (Å²) in [7, 11) is -1.63. The van der Waals surface area contributed by atoms with Gasteiger partial charge in [0, 0.05) is 6.04 Å². The molecule has 2 atom stereocenters. The second kappa shape index (κ2) is 5.63. The highest BCUT2D eigenvalue weighted by atomic mass is 32.2. The minimum Gasteiger partial charge on any atom is -0.465 e. The number of sulfone groups is 1. The topological polar surface area (TPSA) is 72.5 Å². The van der Waals surface area contributed by atoms with Crippen molar-refractivity contribution < 1.29 is 17.9 Å². The van der Waals surface area contributed by atoms with E-state index in [0.29, 0.717) is 6.42 Å². The van der Waals surface area contributed by atoms with Crippen LogP contribution in [0.25, 0.3) is 0 Å². The maximum atomic E-state index is 11.9. The van der Waals surface area contributed by atoms with Gasteiger partial charge in [0.05, 0.1) is 11.9 Å². The quantitative estimate of drug-likeness (QED) is 0.700. The number of carbonyl (C=O) groups is 1. The van der Waals surface area contributed by atoms with Crippen LogP contribution in [0.5, 0.6) is 0 Å². The number of esters is 1. The Labute approximate surface area is 96.5 Å². The number of hydrogen-bond donors (Lipinski definition) is 1. The Morgan fingerprint density at radius 3 is 2.69 bits per heavy atom. The molecule has 0 heterocycles. The molecule has 1 saturated carbocycles. The number of ether oxygens (including phenoxy) is 1. The monoisotopic (exact) mass is 249 g/mol. The molecule has 1 N–H and O–H groups in total. The highest BCUT2D eigenvalue weighted by molar-refractivity contribution is 7.92. The molecule has 1 rings (SSSR count). The molecule has 1 aliphatic carbocycles. The van der Waals surface area contributed by atoms with Gasteiger partial charge in [-0.05, 0) is 26.8 Å². The van der Waals surface area contributed by atoms with Crippen molar-refractivity contribution in [3.05, 3.63) is 0 Å². The molecule has 16 heavy (non-hydrogen) atoms. The lowest BCUT2D eigenvalue weighted by atomic mass is 10.2. The van der Waals surface area contributed by atoms with E-state index >= 15 is 0 Å². The molecule has 0 aromatic rings. The van der Waals surface area contributed by atoms with Gasteiger partial charge in [0.1, 0.15) is 5.75 Å². The number of hydrogen-bond acceptors (Lipinski definition) is 5. The summed E-state index contributed by atoms with van der Waals surface area (Å²) >= 11 is 0. The third-order valence-electron chi connectivity index (χ3n) is 2.91. The van der Waals surface area contributed by atoms with Gasteiger partial charge in [-0.1, -0.05) is 6.42 Å². The lowest BCUT2D eigenvalue weighted by Crippen LogP contribution is -2.40. The van der Waals surface area contributed by atoms with Crippen LogP contribution >= 0.6 is 0 Å². The van der Waals surface area contributed by atoms with E-state index in [9.17, 15) is 13.2 Å². The molecule has 2 unspecified atom stereocenters. The minimum atomic E-state index is -3.38. The molecule has 0 aromatic heterocycles. The molecule has 0 amide bonds. The van der Waals surface area contributed by atoms with Crippen molar-refractivity contribution in [1.82, 2.24) is 5.32 Å². The van der Waals surface area contributed by atoms with E-state index in [4.69, 9.17) is 0 Å². The van der Waals surface area contributed by atoms with Crippen LogP contribution < -0.4 is 5.32 Å². The summed E-state index contributed by atoms with van der Waals surface area (Å²) in [5.74, 6) is -1.15. The van der Waals surface area contributed by atoms with Crippen molar-refractivity contribution in [2.45, 2.75) is 37.5 Å². The number of rotatable bonds is 5. The Morgan fingerprint density at radius 2 is 2.12 bits per heavy atom. The van der Waals surface area contributed by atoms with Gasteiger partial charge in [0.25, 0.3) is 0 Å². The first-order chi connectivity index (χ1) is 7.51. The summed E-state index contributed by atoms with van der Waals surface area (Å²) in [4.78, 5) is 11.2. The molecule has 0 aromatic carbocycles. The SMILES string of the molecule is CCOC(=O)CS(=O)(=O)C1CCCC1NC. The Balaban J connectivity index is 2.66. The Morgan fingerprint density at radius 1 is 1.44 bits per heavy atom. The number of nitrogens with one attached hydrogen (secondary N) is 1. The second-order valence-electron chi connectivity index (χ2n) is 3.98. The van der Waals surface area contributed by atoms with Gasteiger partial charge in [-0.2, -0.15) is 0 Å². The Kier molecular flexibility index (Phi) is 4.73. The third kappa shape index (κ3) is 3.18.